The Morgan fingerprint density at radius 2 is 2.00 bits per heavy atom. The second kappa shape index (κ2) is 6.80. The highest BCUT2D eigenvalue weighted by Crippen LogP contribution is 2.21. The van der Waals surface area contributed by atoms with Gasteiger partial charge in [0, 0.05) is 29.8 Å². The minimum absolute atomic E-state index is 0.0313. The van der Waals surface area contributed by atoms with Crippen LogP contribution in [0.25, 0.3) is 0 Å². The number of nitrogens with one attached hydrogen (secondary N) is 2. The van der Waals surface area contributed by atoms with Crippen molar-refractivity contribution < 1.29 is 14.6 Å². The third-order valence-electron chi connectivity index (χ3n) is 4.41. The topological polar surface area (TPSA) is 76.7 Å². The second-order valence-electron chi connectivity index (χ2n) is 6.18. The number of anilines is 1. The van der Waals surface area contributed by atoms with Crippen LogP contribution < -0.4 is 10.2 Å². The molecule has 6 heteroatoms. The van der Waals surface area contributed by atoms with Crippen LogP contribution in [0.15, 0.2) is 42.5 Å². The van der Waals surface area contributed by atoms with Gasteiger partial charge in [-0.25, -0.2) is 0 Å². The number of aryl methyl sites for hydroxylation is 1. The third kappa shape index (κ3) is 3.60. The summed E-state index contributed by atoms with van der Waals surface area (Å²) in [4.78, 5) is 23.9. The number of non-ortho nitro benzene ring substituents is 1. The van der Waals surface area contributed by atoms with Crippen molar-refractivity contribution >= 4 is 17.3 Å². The van der Waals surface area contributed by atoms with Crippen molar-refractivity contribution in [1.29, 1.82) is 0 Å². The van der Waals surface area contributed by atoms with Gasteiger partial charge < -0.3 is 10.2 Å². The Morgan fingerprint density at radius 3 is 2.71 bits per heavy atom. The molecule has 6 nitrogen and oxygen atoms in total. The first-order chi connectivity index (χ1) is 11.5. The number of benzene rings is 2. The minimum atomic E-state index is -0.437. The lowest BCUT2D eigenvalue weighted by Gasteiger charge is -2.25. The minimum Gasteiger partial charge on any atom is -0.323 e. The Labute approximate surface area is 140 Å². The molecule has 0 aromatic heterocycles. The van der Waals surface area contributed by atoms with E-state index >= 15 is 0 Å². The molecule has 0 bridgehead atoms. The van der Waals surface area contributed by atoms with Crippen molar-refractivity contribution in [3.63, 3.8) is 0 Å². The molecule has 3 rings (SSSR count). The number of quaternary nitrogens is 1. The van der Waals surface area contributed by atoms with Gasteiger partial charge >= 0.3 is 0 Å². The molecule has 2 N–H and O–H groups in total. The Balaban J connectivity index is 1.61. The smallest absolute Gasteiger partial charge is 0.279 e. The molecule has 0 radical (unpaired) electrons. The van der Waals surface area contributed by atoms with Gasteiger partial charge in [0.1, 0.15) is 6.54 Å². The predicted octanol–water partition coefficient (Wildman–Crippen LogP) is 1.48. The zero-order chi connectivity index (χ0) is 17.1. The third-order valence-corrected chi connectivity index (χ3v) is 4.41. The average molecular weight is 326 g/mol. The normalized spacial score (nSPS) is 16.3. The summed E-state index contributed by atoms with van der Waals surface area (Å²) in [5.74, 6) is -0.0682. The molecule has 1 unspecified atom stereocenters. The van der Waals surface area contributed by atoms with Gasteiger partial charge in [-0.3, -0.25) is 14.9 Å². The molecular weight excluding hydrogens is 306 g/mol. The fraction of sp³-hybridized carbons (Fsp3) is 0.278. The number of nitro benzene ring substituents is 1. The maximum atomic E-state index is 12.3. The van der Waals surface area contributed by atoms with E-state index in [2.05, 4.69) is 17.4 Å². The highest BCUT2D eigenvalue weighted by Gasteiger charge is 2.21. The van der Waals surface area contributed by atoms with Gasteiger partial charge in [0.2, 0.25) is 0 Å². The van der Waals surface area contributed by atoms with Crippen LogP contribution in [0.2, 0.25) is 0 Å². The molecule has 24 heavy (non-hydrogen) atoms. The largest absolute Gasteiger partial charge is 0.323 e. The number of hydrogen-bond donors (Lipinski definition) is 2. The molecule has 0 saturated carbocycles. The molecule has 1 heterocycles. The maximum Gasteiger partial charge on any atom is 0.279 e. The van der Waals surface area contributed by atoms with Crippen molar-refractivity contribution in [2.75, 3.05) is 18.4 Å². The molecule has 0 saturated heterocycles. The van der Waals surface area contributed by atoms with Crippen molar-refractivity contribution in [2.45, 2.75) is 19.9 Å². The highest BCUT2D eigenvalue weighted by molar-refractivity contribution is 5.92. The average Bonchev–Trinajstić information content (AvgIpc) is 2.56. The van der Waals surface area contributed by atoms with Crippen LogP contribution in [0.5, 0.6) is 0 Å². The molecule has 1 amide bonds. The first kappa shape index (κ1) is 16.1. The second-order valence-corrected chi connectivity index (χ2v) is 6.18. The van der Waals surface area contributed by atoms with Crippen molar-refractivity contribution in [3.8, 4) is 0 Å². The van der Waals surface area contributed by atoms with E-state index in [0.29, 0.717) is 17.8 Å². The number of fused-ring (bicyclic) bond motifs is 1. The first-order valence-corrected chi connectivity index (χ1v) is 7.98. The summed E-state index contributed by atoms with van der Waals surface area (Å²) in [6.07, 6.45) is 0.981. The maximum absolute atomic E-state index is 12.3. The first-order valence-electron chi connectivity index (χ1n) is 7.98. The summed E-state index contributed by atoms with van der Waals surface area (Å²) >= 11 is 0. The van der Waals surface area contributed by atoms with E-state index in [0.717, 1.165) is 19.5 Å². The summed E-state index contributed by atoms with van der Waals surface area (Å²) in [6.45, 7) is 3.93. The number of amides is 1. The van der Waals surface area contributed by atoms with Crippen molar-refractivity contribution in [3.05, 3.63) is 69.3 Å². The van der Waals surface area contributed by atoms with Crippen LogP contribution in [0.1, 0.15) is 16.7 Å². The van der Waals surface area contributed by atoms with E-state index in [1.807, 2.05) is 12.1 Å². The Hall–Kier alpha value is -2.73. The van der Waals surface area contributed by atoms with Crippen LogP contribution in [0.3, 0.4) is 0 Å². The van der Waals surface area contributed by atoms with Crippen LogP contribution in [-0.4, -0.2) is 23.9 Å². The summed E-state index contributed by atoms with van der Waals surface area (Å²) in [6, 6.07) is 12.8. The van der Waals surface area contributed by atoms with Crippen LogP contribution in [0, 0.1) is 17.0 Å². The monoisotopic (exact) mass is 326 g/mol. The quantitative estimate of drug-likeness (QED) is 0.660. The van der Waals surface area contributed by atoms with Gasteiger partial charge in [0.05, 0.1) is 11.5 Å². The summed E-state index contributed by atoms with van der Waals surface area (Å²) in [7, 11) is 0. The number of carbonyl (C=O) groups is 1. The lowest BCUT2D eigenvalue weighted by atomic mass is 10.00. The Morgan fingerprint density at radius 1 is 1.25 bits per heavy atom. The number of rotatable bonds is 4. The fourth-order valence-electron chi connectivity index (χ4n) is 3.12. The summed E-state index contributed by atoms with van der Waals surface area (Å²) in [5, 5.41) is 13.6. The van der Waals surface area contributed by atoms with E-state index in [4.69, 9.17) is 0 Å². The van der Waals surface area contributed by atoms with Crippen LogP contribution in [-0.2, 0) is 17.8 Å². The zero-order valence-electron chi connectivity index (χ0n) is 13.5. The molecule has 1 aliphatic rings. The number of hydrogen-bond acceptors (Lipinski definition) is 3. The molecular formula is C18H20N3O3+. The summed E-state index contributed by atoms with van der Waals surface area (Å²) in [5.41, 5.74) is 4.02. The van der Waals surface area contributed by atoms with Crippen LogP contribution in [0.4, 0.5) is 11.4 Å². The van der Waals surface area contributed by atoms with E-state index in [-0.39, 0.29) is 11.6 Å². The lowest BCUT2D eigenvalue weighted by Crippen LogP contribution is -3.12. The molecule has 2 aromatic rings. The van der Waals surface area contributed by atoms with E-state index in [1.165, 1.54) is 28.2 Å². The van der Waals surface area contributed by atoms with Gasteiger partial charge in [0.15, 0.2) is 6.54 Å². The Kier molecular flexibility index (Phi) is 4.57. The standard InChI is InChI=1S/C18H19N3O3/c1-13-10-16(21(23)24)6-7-17(13)19-18(22)12-20-9-8-14-4-2-3-5-15(14)11-20/h2-7,10H,8-9,11-12H2,1H3,(H,19,22)/p+1. The van der Waals surface area contributed by atoms with Gasteiger partial charge in [-0.1, -0.05) is 24.3 Å². The predicted molar refractivity (Wildman–Crippen MR) is 91.0 cm³/mol. The SMILES string of the molecule is Cc1cc([N+](=O)[O-])ccc1NC(=O)C[NH+]1CCc2ccccc2C1. The van der Waals surface area contributed by atoms with Crippen molar-refractivity contribution in [1.82, 2.24) is 0 Å². The number of nitrogens with zero attached hydrogens (tertiary/aromatic N) is 1. The molecule has 1 aliphatic heterocycles. The molecule has 0 aliphatic carbocycles. The molecule has 0 spiro atoms. The Bertz CT molecular complexity index is 789. The fourth-order valence-corrected chi connectivity index (χ4v) is 3.12. The van der Waals surface area contributed by atoms with Gasteiger partial charge in [-0.15, -0.1) is 0 Å². The lowest BCUT2D eigenvalue weighted by molar-refractivity contribution is -0.907. The van der Waals surface area contributed by atoms with E-state index in [1.54, 1.807) is 13.0 Å². The van der Waals surface area contributed by atoms with Gasteiger partial charge in [-0.05, 0) is 24.1 Å². The molecule has 124 valence electrons. The van der Waals surface area contributed by atoms with Crippen LogP contribution >= 0.6 is 0 Å². The van der Waals surface area contributed by atoms with Crippen molar-refractivity contribution in [2.24, 2.45) is 0 Å². The van der Waals surface area contributed by atoms with Gasteiger partial charge in [-0.2, -0.15) is 0 Å². The zero-order valence-corrected chi connectivity index (χ0v) is 13.5. The van der Waals surface area contributed by atoms with E-state index < -0.39 is 4.92 Å². The number of nitro groups is 1. The molecule has 0 fully saturated rings. The van der Waals surface area contributed by atoms with Gasteiger partial charge in [0.25, 0.3) is 11.6 Å². The van der Waals surface area contributed by atoms with E-state index in [9.17, 15) is 14.9 Å². The molecule has 1 atom stereocenters. The summed E-state index contributed by atoms with van der Waals surface area (Å²) < 4.78 is 0. The molecule has 2 aromatic carbocycles. The highest BCUT2D eigenvalue weighted by atomic mass is 16.6. The number of carbonyl (C=O) groups excluding carboxylic acids is 1.